The molecule has 0 aliphatic carbocycles. The first kappa shape index (κ1) is 18.5. The molecule has 1 unspecified atom stereocenters. The summed E-state index contributed by atoms with van der Waals surface area (Å²) in [5.74, 6) is 0.717. The van der Waals surface area contributed by atoms with E-state index < -0.39 is 5.60 Å². The second kappa shape index (κ2) is 8.31. The standard InChI is InChI=1S/C19H27N3OS/c1-5-20-18(21-12-16-9-8-14(2)11-15(16)3)22-13-19(4,23)17-7-6-10-24-17/h6-11,23H,5,12-13H2,1-4H3,(H2,20,21,22). The number of nitrogens with zero attached hydrogens (tertiary/aromatic N) is 1. The Kier molecular flexibility index (Phi) is 6.40. The van der Waals surface area contributed by atoms with Gasteiger partial charge in [0.2, 0.25) is 0 Å². The summed E-state index contributed by atoms with van der Waals surface area (Å²) >= 11 is 1.56. The second-order valence-corrected chi connectivity index (χ2v) is 7.18. The number of rotatable bonds is 6. The fourth-order valence-electron chi connectivity index (χ4n) is 2.46. The third kappa shape index (κ3) is 5.08. The van der Waals surface area contributed by atoms with Crippen molar-refractivity contribution < 1.29 is 5.11 Å². The molecule has 0 saturated heterocycles. The van der Waals surface area contributed by atoms with E-state index in [9.17, 15) is 5.11 Å². The number of benzene rings is 1. The number of hydrogen-bond acceptors (Lipinski definition) is 3. The van der Waals surface area contributed by atoms with Gasteiger partial charge in [-0.15, -0.1) is 11.3 Å². The first-order valence-electron chi connectivity index (χ1n) is 8.27. The molecule has 0 bridgehead atoms. The van der Waals surface area contributed by atoms with Crippen LogP contribution in [0.25, 0.3) is 0 Å². The minimum Gasteiger partial charge on any atom is -0.383 e. The Morgan fingerprint density at radius 2 is 2.04 bits per heavy atom. The topological polar surface area (TPSA) is 56.7 Å². The summed E-state index contributed by atoms with van der Waals surface area (Å²) < 4.78 is 0. The van der Waals surface area contributed by atoms with Gasteiger partial charge in [-0.1, -0.05) is 29.8 Å². The number of hydrogen-bond donors (Lipinski definition) is 3. The van der Waals surface area contributed by atoms with E-state index in [2.05, 4.69) is 47.7 Å². The van der Waals surface area contributed by atoms with Crippen molar-refractivity contribution in [3.8, 4) is 0 Å². The van der Waals surface area contributed by atoms with E-state index in [0.29, 0.717) is 19.0 Å². The van der Waals surface area contributed by atoms with Gasteiger partial charge in [0.05, 0.1) is 13.1 Å². The van der Waals surface area contributed by atoms with Crippen molar-refractivity contribution in [3.63, 3.8) is 0 Å². The first-order chi connectivity index (χ1) is 11.4. The van der Waals surface area contributed by atoms with Crippen LogP contribution < -0.4 is 10.6 Å². The van der Waals surface area contributed by atoms with Gasteiger partial charge in [0.1, 0.15) is 5.60 Å². The molecule has 2 rings (SSSR count). The maximum atomic E-state index is 10.6. The first-order valence-corrected chi connectivity index (χ1v) is 9.15. The number of aliphatic imine (C=N–C) groups is 1. The van der Waals surface area contributed by atoms with Crippen molar-refractivity contribution in [2.45, 2.75) is 39.8 Å². The van der Waals surface area contributed by atoms with Gasteiger partial charge in [0.15, 0.2) is 5.96 Å². The SMILES string of the molecule is CCNC(=NCc1ccc(C)cc1C)NCC(C)(O)c1cccs1. The highest BCUT2D eigenvalue weighted by Crippen LogP contribution is 2.24. The molecule has 0 fully saturated rings. The van der Waals surface area contributed by atoms with Crippen molar-refractivity contribution in [2.24, 2.45) is 4.99 Å². The zero-order chi connectivity index (χ0) is 17.6. The summed E-state index contributed by atoms with van der Waals surface area (Å²) in [6.07, 6.45) is 0. The van der Waals surface area contributed by atoms with Crippen LogP contribution in [0.3, 0.4) is 0 Å². The van der Waals surface area contributed by atoms with Crippen LogP contribution in [0.15, 0.2) is 40.7 Å². The highest BCUT2D eigenvalue weighted by molar-refractivity contribution is 7.10. The van der Waals surface area contributed by atoms with Gasteiger partial charge >= 0.3 is 0 Å². The average molecular weight is 346 g/mol. The van der Waals surface area contributed by atoms with Crippen molar-refractivity contribution in [1.82, 2.24) is 10.6 Å². The van der Waals surface area contributed by atoms with Gasteiger partial charge in [0.25, 0.3) is 0 Å². The minimum absolute atomic E-state index is 0.409. The van der Waals surface area contributed by atoms with Crippen molar-refractivity contribution in [3.05, 3.63) is 57.3 Å². The molecule has 1 aromatic heterocycles. The van der Waals surface area contributed by atoms with Gasteiger partial charge in [-0.3, -0.25) is 0 Å². The molecule has 0 saturated carbocycles. The lowest BCUT2D eigenvalue weighted by molar-refractivity contribution is 0.0655. The minimum atomic E-state index is -0.913. The zero-order valence-electron chi connectivity index (χ0n) is 14.9. The Balaban J connectivity index is 2.03. The van der Waals surface area contributed by atoms with Crippen molar-refractivity contribution >= 4 is 17.3 Å². The Bertz CT molecular complexity index is 678. The van der Waals surface area contributed by atoms with E-state index in [0.717, 1.165) is 11.4 Å². The lowest BCUT2D eigenvalue weighted by atomic mass is 10.1. The monoisotopic (exact) mass is 345 g/mol. The molecule has 1 heterocycles. The van der Waals surface area contributed by atoms with Crippen LogP contribution in [-0.4, -0.2) is 24.2 Å². The molecule has 4 nitrogen and oxygen atoms in total. The average Bonchev–Trinajstić information content (AvgIpc) is 3.07. The van der Waals surface area contributed by atoms with Gasteiger partial charge in [0, 0.05) is 11.4 Å². The lowest BCUT2D eigenvalue weighted by Gasteiger charge is -2.23. The van der Waals surface area contributed by atoms with Crippen LogP contribution in [0.1, 0.15) is 35.4 Å². The molecule has 3 N–H and O–H groups in total. The zero-order valence-corrected chi connectivity index (χ0v) is 15.7. The highest BCUT2D eigenvalue weighted by atomic mass is 32.1. The van der Waals surface area contributed by atoms with E-state index in [4.69, 9.17) is 0 Å². The van der Waals surface area contributed by atoms with Crippen LogP contribution in [0, 0.1) is 13.8 Å². The van der Waals surface area contributed by atoms with E-state index in [-0.39, 0.29) is 0 Å². The molecule has 0 radical (unpaired) electrons. The van der Waals surface area contributed by atoms with Crippen LogP contribution >= 0.6 is 11.3 Å². The second-order valence-electron chi connectivity index (χ2n) is 6.23. The van der Waals surface area contributed by atoms with E-state index in [1.165, 1.54) is 16.7 Å². The van der Waals surface area contributed by atoms with Gasteiger partial charge in [-0.2, -0.15) is 0 Å². The Hall–Kier alpha value is -1.85. The summed E-state index contributed by atoms with van der Waals surface area (Å²) in [5, 5.41) is 19.1. The molecular formula is C19H27N3OS. The molecule has 24 heavy (non-hydrogen) atoms. The molecule has 0 aliphatic rings. The number of aliphatic hydroxyl groups is 1. The normalized spacial score (nSPS) is 14.3. The van der Waals surface area contributed by atoms with Crippen molar-refractivity contribution in [2.75, 3.05) is 13.1 Å². The molecule has 0 aliphatic heterocycles. The van der Waals surface area contributed by atoms with Gasteiger partial charge < -0.3 is 15.7 Å². The Morgan fingerprint density at radius 1 is 1.25 bits per heavy atom. The van der Waals surface area contributed by atoms with Crippen LogP contribution in [-0.2, 0) is 12.1 Å². The molecule has 130 valence electrons. The Labute approximate surface area is 148 Å². The van der Waals surface area contributed by atoms with E-state index in [1.807, 2.05) is 31.4 Å². The summed E-state index contributed by atoms with van der Waals surface area (Å²) in [4.78, 5) is 5.59. The molecule has 0 amide bonds. The summed E-state index contributed by atoms with van der Waals surface area (Å²) in [7, 11) is 0. The largest absolute Gasteiger partial charge is 0.383 e. The fourth-order valence-corrected chi connectivity index (χ4v) is 3.24. The lowest BCUT2D eigenvalue weighted by Crippen LogP contribution is -2.44. The molecule has 1 aromatic carbocycles. The highest BCUT2D eigenvalue weighted by Gasteiger charge is 2.24. The number of nitrogens with one attached hydrogen (secondary N) is 2. The number of aryl methyl sites for hydroxylation is 2. The third-order valence-electron chi connectivity index (χ3n) is 3.90. The number of guanidine groups is 1. The molecule has 2 aromatic rings. The van der Waals surface area contributed by atoms with Crippen LogP contribution in [0.4, 0.5) is 0 Å². The molecule has 5 heteroatoms. The summed E-state index contributed by atoms with van der Waals surface area (Å²) in [6.45, 7) is 9.86. The predicted octanol–water partition coefficient (Wildman–Crippen LogP) is 3.33. The fraction of sp³-hybridized carbons (Fsp3) is 0.421. The summed E-state index contributed by atoms with van der Waals surface area (Å²) in [6, 6.07) is 10.3. The number of thiophene rings is 1. The molecule has 0 spiro atoms. The van der Waals surface area contributed by atoms with E-state index >= 15 is 0 Å². The van der Waals surface area contributed by atoms with Crippen LogP contribution in [0.2, 0.25) is 0 Å². The maximum absolute atomic E-state index is 10.6. The predicted molar refractivity (Wildman–Crippen MR) is 103 cm³/mol. The van der Waals surface area contributed by atoms with Gasteiger partial charge in [-0.25, -0.2) is 4.99 Å². The maximum Gasteiger partial charge on any atom is 0.191 e. The van der Waals surface area contributed by atoms with Crippen LogP contribution in [0.5, 0.6) is 0 Å². The molecule has 1 atom stereocenters. The van der Waals surface area contributed by atoms with Crippen molar-refractivity contribution in [1.29, 1.82) is 0 Å². The van der Waals surface area contributed by atoms with Gasteiger partial charge in [-0.05, 0) is 50.3 Å². The third-order valence-corrected chi connectivity index (χ3v) is 5.02. The molecular weight excluding hydrogens is 318 g/mol. The summed E-state index contributed by atoms with van der Waals surface area (Å²) in [5.41, 5.74) is 2.81. The smallest absolute Gasteiger partial charge is 0.191 e. The Morgan fingerprint density at radius 3 is 2.67 bits per heavy atom. The van der Waals surface area contributed by atoms with E-state index in [1.54, 1.807) is 11.3 Å². The quantitative estimate of drug-likeness (QED) is 0.556.